The van der Waals surface area contributed by atoms with Crippen LogP contribution in [-0.4, -0.2) is 26.1 Å². The molecule has 1 aliphatic heterocycles. The number of anilines is 1. The summed E-state index contributed by atoms with van der Waals surface area (Å²) in [4.78, 5) is 33.9. The molecule has 0 fully saturated rings. The van der Waals surface area contributed by atoms with Crippen LogP contribution in [-0.2, 0) is 19.6 Å². The molecule has 2 N–H and O–H groups in total. The minimum atomic E-state index is -4.04. The predicted molar refractivity (Wildman–Crippen MR) is 68.1 cm³/mol. The number of nitrogens with one attached hydrogen (secondary N) is 2. The van der Waals surface area contributed by atoms with Crippen molar-refractivity contribution in [3.63, 3.8) is 0 Å². The van der Waals surface area contributed by atoms with Gasteiger partial charge >= 0.3 is 0 Å². The fraction of sp³-hybridized carbons (Fsp3) is 0.182. The molecule has 1 heterocycles. The number of sulfonamides is 1. The Morgan fingerprint density at radius 2 is 1.90 bits per heavy atom. The first-order valence-electron chi connectivity index (χ1n) is 5.52. The summed E-state index contributed by atoms with van der Waals surface area (Å²) >= 11 is 0. The molecule has 9 heteroatoms. The third-order valence-corrected chi connectivity index (χ3v) is 3.98. The number of amides is 3. The van der Waals surface area contributed by atoms with Gasteiger partial charge in [0.1, 0.15) is 4.90 Å². The molecule has 3 amide bonds. The van der Waals surface area contributed by atoms with E-state index in [0.717, 1.165) is 11.9 Å². The normalized spacial score (nSPS) is 15.2. The minimum absolute atomic E-state index is 0.0703. The first kappa shape index (κ1) is 14.0. The lowest BCUT2D eigenvalue weighted by atomic mass is 10.2. The van der Waals surface area contributed by atoms with Crippen molar-refractivity contribution < 1.29 is 22.8 Å². The quantitative estimate of drug-likeness (QED) is 0.680. The number of fused-ring (bicyclic) bond motifs is 1. The van der Waals surface area contributed by atoms with Gasteiger partial charge in [-0.15, -0.1) is 0 Å². The maximum absolute atomic E-state index is 11.9. The fourth-order valence-corrected chi connectivity index (χ4v) is 3.20. The van der Waals surface area contributed by atoms with Crippen molar-refractivity contribution in [2.75, 3.05) is 5.01 Å². The standard InChI is InChI=1S/C11H11N3O5S/c1-6(15)12-14(7(2)16)9-5-3-4-8-10(9)20(18,19)13-11(8)17/h3-5H,1-2H3,(H,12,15)(H,13,17). The fourth-order valence-electron chi connectivity index (χ4n) is 1.86. The van der Waals surface area contributed by atoms with Crippen molar-refractivity contribution in [1.82, 2.24) is 10.1 Å². The van der Waals surface area contributed by atoms with Gasteiger partial charge in [0, 0.05) is 13.8 Å². The average Bonchev–Trinajstić information content (AvgIpc) is 2.56. The van der Waals surface area contributed by atoms with Crippen LogP contribution in [0.3, 0.4) is 0 Å². The van der Waals surface area contributed by atoms with E-state index in [1.54, 1.807) is 0 Å². The molecular weight excluding hydrogens is 286 g/mol. The first-order chi connectivity index (χ1) is 9.24. The zero-order chi connectivity index (χ0) is 15.1. The van der Waals surface area contributed by atoms with Gasteiger partial charge in [-0.2, -0.15) is 0 Å². The summed E-state index contributed by atoms with van der Waals surface area (Å²) in [5, 5.41) is 0.791. The van der Waals surface area contributed by atoms with Gasteiger partial charge in [-0.1, -0.05) is 6.07 Å². The molecule has 1 aromatic carbocycles. The van der Waals surface area contributed by atoms with Gasteiger partial charge in [0.15, 0.2) is 0 Å². The maximum Gasteiger partial charge on any atom is 0.267 e. The van der Waals surface area contributed by atoms with Gasteiger partial charge in [-0.05, 0) is 12.1 Å². The SMILES string of the molecule is CC(=O)NN(C(C)=O)c1cccc2c1S(=O)(=O)NC2=O. The number of benzene rings is 1. The number of hydrogen-bond donors (Lipinski definition) is 2. The lowest BCUT2D eigenvalue weighted by Crippen LogP contribution is -2.45. The molecule has 0 saturated heterocycles. The summed E-state index contributed by atoms with van der Waals surface area (Å²) < 4.78 is 25.7. The van der Waals surface area contributed by atoms with Crippen LogP contribution >= 0.6 is 0 Å². The van der Waals surface area contributed by atoms with Crippen LogP contribution in [0.25, 0.3) is 0 Å². The molecule has 1 aromatic rings. The van der Waals surface area contributed by atoms with Gasteiger partial charge in [0.25, 0.3) is 15.9 Å². The van der Waals surface area contributed by atoms with Crippen molar-refractivity contribution in [2.45, 2.75) is 18.7 Å². The summed E-state index contributed by atoms with van der Waals surface area (Å²) in [6.45, 7) is 2.34. The largest absolute Gasteiger partial charge is 0.274 e. The summed E-state index contributed by atoms with van der Waals surface area (Å²) in [5.74, 6) is -1.91. The Hall–Kier alpha value is -2.42. The Bertz CT molecular complexity index is 726. The molecule has 0 radical (unpaired) electrons. The first-order valence-corrected chi connectivity index (χ1v) is 7.00. The summed E-state index contributed by atoms with van der Waals surface area (Å²) in [7, 11) is -4.04. The van der Waals surface area contributed by atoms with Gasteiger partial charge in [0.05, 0.1) is 11.3 Å². The van der Waals surface area contributed by atoms with Crippen LogP contribution in [0.5, 0.6) is 0 Å². The Labute approximate surface area is 114 Å². The van der Waals surface area contributed by atoms with E-state index in [1.807, 2.05) is 4.72 Å². The van der Waals surface area contributed by atoms with E-state index in [4.69, 9.17) is 0 Å². The van der Waals surface area contributed by atoms with Crippen molar-refractivity contribution in [3.8, 4) is 0 Å². The van der Waals surface area contributed by atoms with Gasteiger partial charge in [-0.25, -0.2) is 18.1 Å². The lowest BCUT2D eigenvalue weighted by Gasteiger charge is -2.22. The highest BCUT2D eigenvalue weighted by atomic mass is 32.2. The topological polar surface area (TPSA) is 113 Å². The highest BCUT2D eigenvalue weighted by Gasteiger charge is 2.37. The number of carbonyl (C=O) groups excluding carboxylic acids is 3. The second-order valence-electron chi connectivity index (χ2n) is 4.11. The van der Waals surface area contributed by atoms with Gasteiger partial charge in [-0.3, -0.25) is 19.8 Å². The molecule has 1 aliphatic rings. The Kier molecular flexibility index (Phi) is 3.22. The molecule has 0 unspecified atom stereocenters. The second-order valence-corrected chi connectivity index (χ2v) is 5.73. The van der Waals surface area contributed by atoms with Crippen molar-refractivity contribution in [3.05, 3.63) is 23.8 Å². The molecule has 20 heavy (non-hydrogen) atoms. The average molecular weight is 297 g/mol. The molecule has 0 bridgehead atoms. The lowest BCUT2D eigenvalue weighted by molar-refractivity contribution is -0.124. The van der Waals surface area contributed by atoms with Gasteiger partial charge < -0.3 is 0 Å². The molecule has 0 spiro atoms. The van der Waals surface area contributed by atoms with Crippen LogP contribution < -0.4 is 15.2 Å². The van der Waals surface area contributed by atoms with Crippen LogP contribution in [0, 0.1) is 0 Å². The molecule has 0 aromatic heterocycles. The number of hydrazine groups is 1. The van der Waals surface area contributed by atoms with Crippen molar-refractivity contribution in [2.24, 2.45) is 0 Å². The predicted octanol–water partition coefficient (Wildman–Crippen LogP) is -0.477. The maximum atomic E-state index is 11.9. The van der Waals surface area contributed by atoms with Crippen LogP contribution in [0.15, 0.2) is 23.1 Å². The summed E-state index contributed by atoms with van der Waals surface area (Å²) in [6, 6.07) is 4.07. The van der Waals surface area contributed by atoms with E-state index in [2.05, 4.69) is 5.43 Å². The van der Waals surface area contributed by atoms with Crippen LogP contribution in [0.1, 0.15) is 24.2 Å². The zero-order valence-electron chi connectivity index (χ0n) is 10.6. The second kappa shape index (κ2) is 4.60. The highest BCUT2D eigenvalue weighted by molar-refractivity contribution is 7.90. The monoisotopic (exact) mass is 297 g/mol. The molecule has 106 valence electrons. The van der Waals surface area contributed by atoms with Crippen molar-refractivity contribution in [1.29, 1.82) is 0 Å². The van der Waals surface area contributed by atoms with E-state index in [0.29, 0.717) is 0 Å². The smallest absolute Gasteiger partial charge is 0.267 e. The third-order valence-electron chi connectivity index (χ3n) is 2.56. The molecule has 8 nitrogen and oxygen atoms in total. The summed E-state index contributed by atoms with van der Waals surface area (Å²) in [5.41, 5.74) is 2.07. The Balaban J connectivity index is 2.68. The zero-order valence-corrected chi connectivity index (χ0v) is 11.4. The highest BCUT2D eigenvalue weighted by Crippen LogP contribution is 2.32. The van der Waals surface area contributed by atoms with Crippen LogP contribution in [0.2, 0.25) is 0 Å². The minimum Gasteiger partial charge on any atom is -0.274 e. The molecule has 0 saturated carbocycles. The Morgan fingerprint density at radius 1 is 1.25 bits per heavy atom. The van der Waals surface area contributed by atoms with E-state index < -0.39 is 27.7 Å². The van der Waals surface area contributed by atoms with Gasteiger partial charge in [0.2, 0.25) is 11.8 Å². The Morgan fingerprint density at radius 3 is 2.45 bits per heavy atom. The van der Waals surface area contributed by atoms with Crippen molar-refractivity contribution >= 4 is 33.4 Å². The molecule has 0 atom stereocenters. The van der Waals surface area contributed by atoms with E-state index in [-0.39, 0.29) is 16.1 Å². The number of rotatable bonds is 1. The van der Waals surface area contributed by atoms with E-state index in [9.17, 15) is 22.8 Å². The molecular formula is C11H11N3O5S. The number of hydrogen-bond acceptors (Lipinski definition) is 5. The third kappa shape index (κ3) is 2.23. The molecule has 0 aliphatic carbocycles. The summed E-state index contributed by atoms with van der Waals surface area (Å²) in [6.07, 6.45) is 0. The molecule has 2 rings (SSSR count). The van der Waals surface area contributed by atoms with Crippen LogP contribution in [0.4, 0.5) is 5.69 Å². The van der Waals surface area contributed by atoms with E-state index in [1.165, 1.54) is 25.1 Å². The number of carbonyl (C=O) groups is 3. The van der Waals surface area contributed by atoms with E-state index >= 15 is 0 Å². The number of nitrogens with zero attached hydrogens (tertiary/aromatic N) is 1.